The molecule has 4 nitrogen and oxygen atoms in total. The van der Waals surface area contributed by atoms with Crippen molar-refractivity contribution in [2.24, 2.45) is 0 Å². The van der Waals surface area contributed by atoms with Crippen molar-refractivity contribution in [3.05, 3.63) is 34.1 Å². The van der Waals surface area contributed by atoms with Gasteiger partial charge in [0.1, 0.15) is 5.75 Å². The summed E-state index contributed by atoms with van der Waals surface area (Å²) >= 11 is 0. The predicted octanol–water partition coefficient (Wildman–Crippen LogP) is 4.12. The van der Waals surface area contributed by atoms with Crippen LogP contribution < -0.4 is 4.43 Å². The van der Waals surface area contributed by atoms with E-state index in [2.05, 4.69) is 20.8 Å². The summed E-state index contributed by atoms with van der Waals surface area (Å²) in [5.41, 5.74) is -0.550. The fourth-order valence-electron chi connectivity index (χ4n) is 1.14. The van der Waals surface area contributed by atoms with Gasteiger partial charge in [0, 0.05) is 0 Å². The Hall–Kier alpha value is -1.43. The molecule has 1 rings (SSSR count). The molecule has 0 aliphatic rings. The summed E-state index contributed by atoms with van der Waals surface area (Å²) in [6.07, 6.45) is 0. The molecule has 0 spiro atoms. The second-order valence-electron chi connectivity index (χ2n) is 5.73. The first-order chi connectivity index (χ1) is 8.04. The summed E-state index contributed by atoms with van der Waals surface area (Å²) in [5, 5.41) is 10.6. The van der Waals surface area contributed by atoms with Crippen molar-refractivity contribution in [3.63, 3.8) is 0 Å². The van der Waals surface area contributed by atoms with Crippen LogP contribution in [0.4, 0.5) is 10.1 Å². The average molecular weight is 271 g/mol. The Labute approximate surface area is 107 Å². The standard InChI is InChI=1S/C12H18FNO3Si/c1-12(2,3)18(4,5)17-9-6-7-10(13)11(8-9)14(15)16/h6-8H,1-5H3. The van der Waals surface area contributed by atoms with E-state index < -0.39 is 24.7 Å². The fraction of sp³-hybridized carbons (Fsp3) is 0.500. The van der Waals surface area contributed by atoms with Gasteiger partial charge < -0.3 is 4.43 Å². The van der Waals surface area contributed by atoms with Gasteiger partial charge in [-0.25, -0.2) is 0 Å². The summed E-state index contributed by atoms with van der Waals surface area (Å²) in [6.45, 7) is 10.3. The van der Waals surface area contributed by atoms with Crippen LogP contribution in [-0.4, -0.2) is 13.2 Å². The molecular formula is C12H18FNO3Si. The molecule has 0 bridgehead atoms. The van der Waals surface area contributed by atoms with Crippen LogP contribution in [0.15, 0.2) is 18.2 Å². The van der Waals surface area contributed by atoms with E-state index in [-0.39, 0.29) is 5.04 Å². The lowest BCUT2D eigenvalue weighted by molar-refractivity contribution is -0.387. The zero-order valence-corrected chi connectivity index (χ0v) is 12.3. The molecule has 6 heteroatoms. The Morgan fingerprint density at radius 1 is 1.33 bits per heavy atom. The second kappa shape index (κ2) is 4.68. The lowest BCUT2D eigenvalue weighted by Gasteiger charge is -2.36. The number of nitrogens with zero attached hydrogens (tertiary/aromatic N) is 1. The van der Waals surface area contributed by atoms with E-state index in [9.17, 15) is 14.5 Å². The van der Waals surface area contributed by atoms with Crippen molar-refractivity contribution in [1.29, 1.82) is 0 Å². The van der Waals surface area contributed by atoms with E-state index in [1.165, 1.54) is 6.07 Å². The molecule has 0 saturated heterocycles. The predicted molar refractivity (Wildman–Crippen MR) is 70.9 cm³/mol. The molecule has 0 unspecified atom stereocenters. The smallest absolute Gasteiger partial charge is 0.308 e. The molecule has 100 valence electrons. The van der Waals surface area contributed by atoms with E-state index in [0.717, 1.165) is 12.1 Å². The maximum Gasteiger partial charge on any atom is 0.308 e. The van der Waals surface area contributed by atoms with Gasteiger partial charge in [-0.1, -0.05) is 20.8 Å². The monoisotopic (exact) mass is 271 g/mol. The third kappa shape index (κ3) is 3.07. The molecule has 0 atom stereocenters. The van der Waals surface area contributed by atoms with Crippen molar-refractivity contribution >= 4 is 14.0 Å². The summed E-state index contributed by atoms with van der Waals surface area (Å²) in [5.74, 6) is -0.489. The van der Waals surface area contributed by atoms with Crippen LogP contribution in [0.1, 0.15) is 20.8 Å². The van der Waals surface area contributed by atoms with Gasteiger partial charge >= 0.3 is 5.69 Å². The quantitative estimate of drug-likeness (QED) is 0.472. The van der Waals surface area contributed by atoms with Gasteiger partial charge in [0.15, 0.2) is 0 Å². The first-order valence-corrected chi connectivity index (χ1v) is 8.58. The fourth-order valence-corrected chi connectivity index (χ4v) is 2.17. The van der Waals surface area contributed by atoms with Crippen LogP contribution in [-0.2, 0) is 0 Å². The lowest BCUT2D eigenvalue weighted by Crippen LogP contribution is -2.43. The molecule has 0 amide bonds. The number of halogens is 1. The summed E-state index contributed by atoms with van der Waals surface area (Å²) in [6, 6.07) is 3.65. The third-order valence-corrected chi connectivity index (χ3v) is 7.65. The van der Waals surface area contributed by atoms with Gasteiger partial charge in [-0.15, -0.1) is 0 Å². The molecule has 0 aliphatic carbocycles. The molecule has 0 aliphatic heterocycles. The van der Waals surface area contributed by atoms with Crippen LogP contribution in [0.25, 0.3) is 0 Å². The Balaban J connectivity index is 3.07. The van der Waals surface area contributed by atoms with E-state index >= 15 is 0 Å². The molecule has 0 aromatic heterocycles. The SMILES string of the molecule is CC(C)(C)[Si](C)(C)Oc1ccc(F)c([N+](=O)[O-])c1. The highest BCUT2D eigenvalue weighted by atomic mass is 28.4. The molecule has 0 radical (unpaired) electrons. The van der Waals surface area contributed by atoms with E-state index in [1.54, 1.807) is 0 Å². The molecule has 0 heterocycles. The van der Waals surface area contributed by atoms with Crippen molar-refractivity contribution in [2.75, 3.05) is 0 Å². The number of hydrogen-bond acceptors (Lipinski definition) is 3. The maximum atomic E-state index is 13.2. The number of rotatable bonds is 3. The van der Waals surface area contributed by atoms with Crippen molar-refractivity contribution in [2.45, 2.75) is 38.9 Å². The Bertz CT molecular complexity index is 469. The molecule has 1 aromatic carbocycles. The van der Waals surface area contributed by atoms with Gasteiger partial charge in [-0.3, -0.25) is 10.1 Å². The van der Waals surface area contributed by atoms with Gasteiger partial charge in [-0.2, -0.15) is 4.39 Å². The van der Waals surface area contributed by atoms with Crippen LogP contribution in [0.3, 0.4) is 0 Å². The van der Waals surface area contributed by atoms with E-state index in [1.807, 2.05) is 13.1 Å². The Kier molecular flexibility index (Phi) is 3.80. The Morgan fingerprint density at radius 3 is 2.33 bits per heavy atom. The van der Waals surface area contributed by atoms with Crippen LogP contribution in [0, 0.1) is 15.9 Å². The first-order valence-electron chi connectivity index (χ1n) is 5.67. The maximum absolute atomic E-state index is 13.2. The molecule has 0 N–H and O–H groups in total. The summed E-state index contributed by atoms with van der Waals surface area (Å²) in [4.78, 5) is 9.92. The normalized spacial score (nSPS) is 12.3. The molecule has 0 saturated carbocycles. The second-order valence-corrected chi connectivity index (χ2v) is 10.5. The average Bonchev–Trinajstić information content (AvgIpc) is 2.18. The van der Waals surface area contributed by atoms with Crippen molar-refractivity contribution in [1.82, 2.24) is 0 Å². The zero-order chi connectivity index (χ0) is 14.1. The van der Waals surface area contributed by atoms with Gasteiger partial charge in [0.2, 0.25) is 14.1 Å². The van der Waals surface area contributed by atoms with Crippen molar-refractivity contribution in [3.8, 4) is 5.75 Å². The van der Waals surface area contributed by atoms with E-state index in [4.69, 9.17) is 4.43 Å². The topological polar surface area (TPSA) is 52.4 Å². The van der Waals surface area contributed by atoms with E-state index in [0.29, 0.717) is 5.75 Å². The molecule has 0 fully saturated rings. The number of nitro benzene ring substituents is 1. The molecular weight excluding hydrogens is 253 g/mol. The third-order valence-electron chi connectivity index (χ3n) is 3.29. The Morgan fingerprint density at radius 2 is 1.89 bits per heavy atom. The van der Waals surface area contributed by atoms with Crippen LogP contribution >= 0.6 is 0 Å². The molecule has 18 heavy (non-hydrogen) atoms. The van der Waals surface area contributed by atoms with Gasteiger partial charge in [0.25, 0.3) is 0 Å². The largest absolute Gasteiger partial charge is 0.543 e. The zero-order valence-electron chi connectivity index (χ0n) is 11.3. The lowest BCUT2D eigenvalue weighted by atomic mass is 10.2. The minimum atomic E-state index is -2.07. The highest BCUT2D eigenvalue weighted by Crippen LogP contribution is 2.38. The minimum Gasteiger partial charge on any atom is -0.543 e. The number of nitro groups is 1. The highest BCUT2D eigenvalue weighted by Gasteiger charge is 2.39. The van der Waals surface area contributed by atoms with Crippen LogP contribution in [0.2, 0.25) is 18.1 Å². The number of hydrogen-bond donors (Lipinski definition) is 0. The van der Waals surface area contributed by atoms with Gasteiger partial charge in [-0.05, 0) is 30.3 Å². The first kappa shape index (κ1) is 14.6. The van der Waals surface area contributed by atoms with Crippen LogP contribution in [0.5, 0.6) is 5.75 Å². The summed E-state index contributed by atoms with van der Waals surface area (Å²) in [7, 11) is -2.07. The summed E-state index contributed by atoms with van der Waals surface area (Å²) < 4.78 is 19.1. The molecule has 1 aromatic rings. The van der Waals surface area contributed by atoms with Crippen molar-refractivity contribution < 1.29 is 13.7 Å². The highest BCUT2D eigenvalue weighted by molar-refractivity contribution is 6.74. The number of benzene rings is 1. The minimum absolute atomic E-state index is 0.0177. The van der Waals surface area contributed by atoms with Gasteiger partial charge in [0.05, 0.1) is 11.0 Å².